The molecule has 0 radical (unpaired) electrons. The SMILES string of the molecule is CC(N)CC(=O)N1CCN(Cc2ncc(-c3ccccc3)o2)CC1.Cl.Cl. The van der Waals surface area contributed by atoms with Crippen LogP contribution < -0.4 is 5.73 Å². The molecule has 1 saturated heterocycles. The van der Waals surface area contributed by atoms with Crippen LogP contribution in [0.2, 0.25) is 0 Å². The first kappa shape index (κ1) is 22.4. The van der Waals surface area contributed by atoms with Gasteiger partial charge in [-0.15, -0.1) is 24.8 Å². The minimum absolute atomic E-state index is 0. The van der Waals surface area contributed by atoms with E-state index in [0.717, 1.165) is 37.5 Å². The van der Waals surface area contributed by atoms with Crippen LogP contribution in [0.25, 0.3) is 11.3 Å². The van der Waals surface area contributed by atoms with E-state index in [-0.39, 0.29) is 36.8 Å². The van der Waals surface area contributed by atoms with Gasteiger partial charge in [-0.1, -0.05) is 30.3 Å². The second-order valence-corrected chi connectivity index (χ2v) is 6.32. The van der Waals surface area contributed by atoms with Gasteiger partial charge in [0.25, 0.3) is 0 Å². The van der Waals surface area contributed by atoms with Gasteiger partial charge in [0.2, 0.25) is 11.8 Å². The summed E-state index contributed by atoms with van der Waals surface area (Å²) in [7, 11) is 0. The Hall–Kier alpha value is -1.60. The number of piperazine rings is 1. The molecule has 26 heavy (non-hydrogen) atoms. The molecule has 0 bridgehead atoms. The average molecular weight is 401 g/mol. The van der Waals surface area contributed by atoms with Crippen LogP contribution in [-0.4, -0.2) is 52.9 Å². The first-order valence-corrected chi connectivity index (χ1v) is 8.37. The van der Waals surface area contributed by atoms with Crippen LogP contribution in [0.3, 0.4) is 0 Å². The van der Waals surface area contributed by atoms with E-state index in [1.165, 1.54) is 0 Å². The smallest absolute Gasteiger partial charge is 0.224 e. The molecule has 1 aliphatic heterocycles. The van der Waals surface area contributed by atoms with Crippen molar-refractivity contribution in [3.05, 3.63) is 42.4 Å². The standard InChI is InChI=1S/C18H24N4O2.2ClH/c1-14(19)11-18(23)22-9-7-21(8-10-22)13-17-20-12-16(24-17)15-5-3-2-4-6-15;;/h2-6,12,14H,7-11,13,19H2,1H3;2*1H. The number of nitrogens with zero attached hydrogens (tertiary/aromatic N) is 3. The molecule has 8 heteroatoms. The van der Waals surface area contributed by atoms with Crippen LogP contribution in [0.5, 0.6) is 0 Å². The molecule has 1 aromatic carbocycles. The van der Waals surface area contributed by atoms with Crippen LogP contribution >= 0.6 is 24.8 Å². The Morgan fingerprint density at radius 3 is 2.46 bits per heavy atom. The summed E-state index contributed by atoms with van der Waals surface area (Å²) < 4.78 is 5.85. The first-order chi connectivity index (χ1) is 11.6. The van der Waals surface area contributed by atoms with Crippen molar-refractivity contribution in [1.82, 2.24) is 14.8 Å². The number of rotatable bonds is 5. The van der Waals surface area contributed by atoms with Gasteiger partial charge in [0, 0.05) is 44.2 Å². The van der Waals surface area contributed by atoms with Gasteiger partial charge in [-0.25, -0.2) is 4.98 Å². The fourth-order valence-electron chi connectivity index (χ4n) is 2.87. The van der Waals surface area contributed by atoms with Crippen molar-refractivity contribution in [1.29, 1.82) is 0 Å². The normalized spacial score (nSPS) is 15.7. The molecule has 0 spiro atoms. The Morgan fingerprint density at radius 2 is 1.85 bits per heavy atom. The van der Waals surface area contributed by atoms with Gasteiger partial charge in [-0.2, -0.15) is 0 Å². The zero-order valence-corrected chi connectivity index (χ0v) is 16.5. The van der Waals surface area contributed by atoms with Gasteiger partial charge in [0.05, 0.1) is 12.7 Å². The minimum Gasteiger partial charge on any atom is -0.439 e. The Bertz CT molecular complexity index is 671. The molecule has 1 fully saturated rings. The molecule has 1 aromatic heterocycles. The highest BCUT2D eigenvalue weighted by Crippen LogP contribution is 2.20. The lowest BCUT2D eigenvalue weighted by Crippen LogP contribution is -2.49. The third-order valence-electron chi connectivity index (χ3n) is 4.19. The molecule has 0 saturated carbocycles. The van der Waals surface area contributed by atoms with E-state index in [1.807, 2.05) is 42.2 Å². The summed E-state index contributed by atoms with van der Waals surface area (Å²) in [6, 6.07) is 9.87. The number of nitrogens with two attached hydrogens (primary N) is 1. The zero-order chi connectivity index (χ0) is 16.9. The van der Waals surface area contributed by atoms with Gasteiger partial charge >= 0.3 is 0 Å². The predicted octanol–water partition coefficient (Wildman–Crippen LogP) is 2.57. The molecule has 1 aliphatic rings. The lowest BCUT2D eigenvalue weighted by molar-refractivity contribution is -0.133. The second kappa shape index (κ2) is 10.5. The summed E-state index contributed by atoms with van der Waals surface area (Å²) in [6.45, 7) is 5.65. The van der Waals surface area contributed by atoms with E-state index in [4.69, 9.17) is 10.2 Å². The maximum Gasteiger partial charge on any atom is 0.224 e. The van der Waals surface area contributed by atoms with E-state index < -0.39 is 0 Å². The topological polar surface area (TPSA) is 75.6 Å². The summed E-state index contributed by atoms with van der Waals surface area (Å²) in [5, 5.41) is 0. The summed E-state index contributed by atoms with van der Waals surface area (Å²) in [5.74, 6) is 1.65. The van der Waals surface area contributed by atoms with Gasteiger partial charge in [-0.05, 0) is 6.92 Å². The fraction of sp³-hybridized carbons (Fsp3) is 0.444. The van der Waals surface area contributed by atoms with Crippen molar-refractivity contribution in [3.63, 3.8) is 0 Å². The van der Waals surface area contributed by atoms with E-state index in [9.17, 15) is 4.79 Å². The highest BCUT2D eigenvalue weighted by atomic mass is 35.5. The monoisotopic (exact) mass is 400 g/mol. The van der Waals surface area contributed by atoms with Crippen LogP contribution in [0, 0.1) is 0 Å². The highest BCUT2D eigenvalue weighted by Gasteiger charge is 2.22. The van der Waals surface area contributed by atoms with E-state index in [1.54, 1.807) is 6.20 Å². The molecule has 1 amide bonds. The number of oxazole rings is 1. The third-order valence-corrected chi connectivity index (χ3v) is 4.19. The van der Waals surface area contributed by atoms with Gasteiger partial charge in [-0.3, -0.25) is 9.69 Å². The fourth-order valence-corrected chi connectivity index (χ4v) is 2.87. The number of carbonyl (C=O) groups is 1. The zero-order valence-electron chi connectivity index (χ0n) is 14.8. The average Bonchev–Trinajstić information content (AvgIpc) is 3.04. The first-order valence-electron chi connectivity index (χ1n) is 8.37. The molecule has 3 rings (SSSR count). The van der Waals surface area contributed by atoms with Crippen molar-refractivity contribution < 1.29 is 9.21 Å². The van der Waals surface area contributed by atoms with E-state index >= 15 is 0 Å². The van der Waals surface area contributed by atoms with Crippen molar-refractivity contribution in [2.24, 2.45) is 5.73 Å². The molecular formula is C18H26Cl2N4O2. The van der Waals surface area contributed by atoms with Crippen molar-refractivity contribution in [2.45, 2.75) is 25.9 Å². The lowest BCUT2D eigenvalue weighted by Gasteiger charge is -2.34. The van der Waals surface area contributed by atoms with Gasteiger partial charge in [0.15, 0.2) is 5.76 Å². The molecule has 0 aliphatic carbocycles. The Balaban J connectivity index is 0.00000169. The highest BCUT2D eigenvalue weighted by molar-refractivity contribution is 5.85. The number of hydrogen-bond acceptors (Lipinski definition) is 5. The number of amides is 1. The molecule has 6 nitrogen and oxygen atoms in total. The Labute approximate surface area is 166 Å². The molecule has 2 N–H and O–H groups in total. The van der Waals surface area contributed by atoms with Crippen LogP contribution in [-0.2, 0) is 11.3 Å². The molecule has 1 atom stereocenters. The summed E-state index contributed by atoms with van der Waals surface area (Å²) in [5.41, 5.74) is 6.73. The quantitative estimate of drug-likeness (QED) is 0.834. The summed E-state index contributed by atoms with van der Waals surface area (Å²) in [6.07, 6.45) is 2.19. The van der Waals surface area contributed by atoms with Crippen LogP contribution in [0.15, 0.2) is 40.9 Å². The molecule has 1 unspecified atom stereocenters. The third kappa shape index (κ3) is 5.99. The molecule has 2 aromatic rings. The van der Waals surface area contributed by atoms with E-state index in [2.05, 4.69) is 9.88 Å². The largest absolute Gasteiger partial charge is 0.439 e. The maximum atomic E-state index is 12.0. The lowest BCUT2D eigenvalue weighted by atomic mass is 10.2. The number of halogens is 2. The number of hydrogen-bond donors (Lipinski definition) is 1. The van der Waals surface area contributed by atoms with Crippen LogP contribution in [0.1, 0.15) is 19.2 Å². The Morgan fingerprint density at radius 1 is 1.19 bits per heavy atom. The minimum atomic E-state index is -0.0840. The molecule has 144 valence electrons. The number of aromatic nitrogens is 1. The predicted molar refractivity (Wildman–Crippen MR) is 107 cm³/mol. The number of carbonyl (C=O) groups excluding carboxylic acids is 1. The van der Waals surface area contributed by atoms with Gasteiger partial charge in [0.1, 0.15) is 0 Å². The molecule has 2 heterocycles. The van der Waals surface area contributed by atoms with Crippen molar-refractivity contribution in [2.75, 3.05) is 26.2 Å². The van der Waals surface area contributed by atoms with Crippen molar-refractivity contribution in [3.8, 4) is 11.3 Å². The second-order valence-electron chi connectivity index (χ2n) is 6.32. The van der Waals surface area contributed by atoms with E-state index in [0.29, 0.717) is 18.9 Å². The summed E-state index contributed by atoms with van der Waals surface area (Å²) >= 11 is 0. The van der Waals surface area contributed by atoms with Crippen LogP contribution in [0.4, 0.5) is 0 Å². The van der Waals surface area contributed by atoms with Gasteiger partial charge < -0.3 is 15.1 Å². The van der Waals surface area contributed by atoms with Crippen molar-refractivity contribution >= 4 is 30.7 Å². The maximum absolute atomic E-state index is 12.0. The number of benzene rings is 1. The molecular weight excluding hydrogens is 375 g/mol. The Kier molecular flexibility index (Phi) is 9.08. The summed E-state index contributed by atoms with van der Waals surface area (Å²) in [4.78, 5) is 20.6.